The van der Waals surface area contributed by atoms with Crippen LogP contribution in [-0.4, -0.2) is 40.6 Å². The number of nitro benzene ring substituents is 1. The van der Waals surface area contributed by atoms with Crippen LogP contribution in [0, 0.1) is 10.1 Å². The van der Waals surface area contributed by atoms with Gasteiger partial charge in [-0.25, -0.2) is 0 Å². The van der Waals surface area contributed by atoms with Gasteiger partial charge in [-0.2, -0.15) is 0 Å². The molecular formula is C11H15N3O4S. The Hall–Kier alpha value is -1.96. The third kappa shape index (κ3) is 4.32. The SMILES string of the molecule is CNc1ccc([N+](=O)[O-])c(C(=O)NCCS(C)=O)c1. The van der Waals surface area contributed by atoms with Gasteiger partial charge in [0.25, 0.3) is 11.6 Å². The summed E-state index contributed by atoms with van der Waals surface area (Å²) in [6.07, 6.45) is 1.52. The van der Waals surface area contributed by atoms with Gasteiger partial charge in [0.15, 0.2) is 0 Å². The molecule has 0 bridgehead atoms. The van der Waals surface area contributed by atoms with Gasteiger partial charge in [-0.1, -0.05) is 0 Å². The van der Waals surface area contributed by atoms with E-state index in [4.69, 9.17) is 0 Å². The van der Waals surface area contributed by atoms with E-state index in [-0.39, 0.29) is 17.8 Å². The van der Waals surface area contributed by atoms with Crippen molar-refractivity contribution in [3.05, 3.63) is 33.9 Å². The standard InChI is InChI=1S/C11H15N3O4S/c1-12-8-3-4-10(14(16)17)9(7-8)11(15)13-5-6-19(2)18/h3-4,7,12H,5-6H2,1-2H3,(H,13,15). The fourth-order valence-corrected chi connectivity index (χ4v) is 1.83. The second-order valence-electron chi connectivity index (χ2n) is 3.77. The zero-order valence-electron chi connectivity index (χ0n) is 10.6. The van der Waals surface area contributed by atoms with Crippen LogP contribution in [0.1, 0.15) is 10.4 Å². The summed E-state index contributed by atoms with van der Waals surface area (Å²) in [6.45, 7) is 0.211. The molecule has 0 radical (unpaired) electrons. The van der Waals surface area contributed by atoms with Crippen LogP contribution in [0.3, 0.4) is 0 Å². The Morgan fingerprint density at radius 2 is 2.16 bits per heavy atom. The normalized spacial score (nSPS) is 11.7. The first kappa shape index (κ1) is 15.1. The van der Waals surface area contributed by atoms with E-state index >= 15 is 0 Å². The number of nitrogens with one attached hydrogen (secondary N) is 2. The zero-order chi connectivity index (χ0) is 14.4. The lowest BCUT2D eigenvalue weighted by Gasteiger charge is -2.07. The summed E-state index contributed by atoms with van der Waals surface area (Å²) in [7, 11) is 0.636. The highest BCUT2D eigenvalue weighted by molar-refractivity contribution is 7.84. The molecule has 0 aliphatic carbocycles. The summed E-state index contributed by atoms with van der Waals surface area (Å²) in [6, 6.07) is 4.21. The largest absolute Gasteiger partial charge is 0.388 e. The number of hydrogen-bond acceptors (Lipinski definition) is 5. The fraction of sp³-hybridized carbons (Fsp3) is 0.364. The molecule has 0 aliphatic rings. The van der Waals surface area contributed by atoms with Crippen molar-refractivity contribution in [2.24, 2.45) is 0 Å². The Balaban J connectivity index is 2.92. The van der Waals surface area contributed by atoms with Gasteiger partial charge in [0.2, 0.25) is 0 Å². The lowest BCUT2D eigenvalue weighted by Crippen LogP contribution is -2.28. The Morgan fingerprint density at radius 1 is 1.47 bits per heavy atom. The van der Waals surface area contributed by atoms with Crippen LogP contribution in [-0.2, 0) is 10.8 Å². The molecule has 0 spiro atoms. The van der Waals surface area contributed by atoms with Crippen molar-refractivity contribution >= 4 is 28.1 Å². The molecule has 8 heteroatoms. The van der Waals surface area contributed by atoms with Crippen LogP contribution in [0.25, 0.3) is 0 Å². The van der Waals surface area contributed by atoms with Crippen molar-refractivity contribution in [2.45, 2.75) is 0 Å². The Bertz CT molecular complexity index is 519. The first-order valence-electron chi connectivity index (χ1n) is 5.50. The molecule has 0 saturated carbocycles. The average Bonchev–Trinajstić information content (AvgIpc) is 2.37. The molecule has 0 fully saturated rings. The van der Waals surface area contributed by atoms with Gasteiger partial charge < -0.3 is 10.6 Å². The van der Waals surface area contributed by atoms with E-state index in [2.05, 4.69) is 10.6 Å². The van der Waals surface area contributed by atoms with Gasteiger partial charge >= 0.3 is 0 Å². The highest BCUT2D eigenvalue weighted by atomic mass is 32.2. The minimum Gasteiger partial charge on any atom is -0.388 e. The Morgan fingerprint density at radius 3 is 2.68 bits per heavy atom. The van der Waals surface area contributed by atoms with E-state index in [9.17, 15) is 19.1 Å². The fourth-order valence-electron chi connectivity index (χ4n) is 1.44. The maximum atomic E-state index is 11.9. The second-order valence-corrected chi connectivity index (χ2v) is 5.33. The molecule has 0 saturated heterocycles. The van der Waals surface area contributed by atoms with Crippen LogP contribution in [0.15, 0.2) is 18.2 Å². The Labute approximate surface area is 113 Å². The molecule has 0 aromatic heterocycles. The predicted octanol–water partition coefficient (Wildman–Crippen LogP) is 0.745. The minimum absolute atomic E-state index is 0.0151. The van der Waals surface area contributed by atoms with Crippen LogP contribution < -0.4 is 10.6 Å². The number of carbonyl (C=O) groups excluding carboxylic acids is 1. The quantitative estimate of drug-likeness (QED) is 0.593. The van der Waals surface area contributed by atoms with Crippen molar-refractivity contribution < 1.29 is 13.9 Å². The number of anilines is 1. The lowest BCUT2D eigenvalue weighted by molar-refractivity contribution is -0.385. The van der Waals surface area contributed by atoms with Crippen molar-refractivity contribution in [2.75, 3.05) is 30.9 Å². The summed E-state index contributed by atoms with van der Waals surface area (Å²) in [5.74, 6) is -0.236. The minimum atomic E-state index is -1.02. The summed E-state index contributed by atoms with van der Waals surface area (Å²) >= 11 is 0. The highest BCUT2D eigenvalue weighted by Gasteiger charge is 2.20. The molecule has 1 aromatic carbocycles. The molecular weight excluding hydrogens is 270 g/mol. The molecule has 1 rings (SSSR count). The molecule has 7 nitrogen and oxygen atoms in total. The number of amides is 1. The summed E-state index contributed by atoms with van der Waals surface area (Å²) in [5.41, 5.74) is 0.336. The molecule has 0 heterocycles. The summed E-state index contributed by atoms with van der Waals surface area (Å²) < 4.78 is 10.9. The molecule has 104 valence electrons. The van der Waals surface area contributed by atoms with E-state index in [0.717, 1.165) is 0 Å². The van der Waals surface area contributed by atoms with Crippen LogP contribution in [0.2, 0.25) is 0 Å². The van der Waals surface area contributed by atoms with Crippen molar-refractivity contribution in [1.82, 2.24) is 5.32 Å². The second kappa shape index (κ2) is 6.83. The summed E-state index contributed by atoms with van der Waals surface area (Å²) in [5, 5.41) is 16.2. The van der Waals surface area contributed by atoms with Gasteiger partial charge in [0.1, 0.15) is 5.56 Å². The highest BCUT2D eigenvalue weighted by Crippen LogP contribution is 2.22. The molecule has 2 N–H and O–H groups in total. The first-order valence-corrected chi connectivity index (χ1v) is 7.23. The van der Waals surface area contributed by atoms with Crippen LogP contribution >= 0.6 is 0 Å². The van der Waals surface area contributed by atoms with Gasteiger partial charge in [-0.3, -0.25) is 19.1 Å². The number of nitro groups is 1. The molecule has 1 unspecified atom stereocenters. The van der Waals surface area contributed by atoms with Gasteiger partial charge in [-0.15, -0.1) is 0 Å². The number of nitrogens with zero attached hydrogens (tertiary/aromatic N) is 1. The number of rotatable bonds is 6. The van der Waals surface area contributed by atoms with Crippen molar-refractivity contribution in [3.8, 4) is 0 Å². The number of hydrogen-bond donors (Lipinski definition) is 2. The molecule has 0 aliphatic heterocycles. The Kier molecular flexibility index (Phi) is 5.43. The zero-order valence-corrected chi connectivity index (χ0v) is 11.5. The van der Waals surface area contributed by atoms with Gasteiger partial charge in [-0.05, 0) is 12.1 Å². The van der Waals surface area contributed by atoms with Crippen LogP contribution in [0.5, 0.6) is 0 Å². The maximum absolute atomic E-state index is 11.9. The lowest BCUT2D eigenvalue weighted by atomic mass is 10.1. The molecule has 1 amide bonds. The van der Waals surface area contributed by atoms with Crippen molar-refractivity contribution in [1.29, 1.82) is 0 Å². The van der Waals surface area contributed by atoms with E-state index in [1.54, 1.807) is 7.05 Å². The maximum Gasteiger partial charge on any atom is 0.282 e. The molecule has 19 heavy (non-hydrogen) atoms. The van der Waals surface area contributed by atoms with Crippen molar-refractivity contribution in [3.63, 3.8) is 0 Å². The third-order valence-corrected chi connectivity index (χ3v) is 3.18. The van der Waals surface area contributed by atoms with E-state index in [0.29, 0.717) is 11.4 Å². The van der Waals surface area contributed by atoms with E-state index in [1.807, 2.05) is 0 Å². The third-order valence-electron chi connectivity index (χ3n) is 2.40. The first-order chi connectivity index (χ1) is 8.95. The molecule has 1 atom stereocenters. The predicted molar refractivity (Wildman–Crippen MR) is 73.9 cm³/mol. The average molecular weight is 285 g/mol. The number of benzene rings is 1. The van der Waals surface area contributed by atoms with Gasteiger partial charge in [0.05, 0.1) is 4.92 Å². The van der Waals surface area contributed by atoms with Gasteiger partial charge in [0, 0.05) is 48.2 Å². The summed E-state index contributed by atoms with van der Waals surface area (Å²) in [4.78, 5) is 22.1. The number of carbonyl (C=O) groups is 1. The monoisotopic (exact) mass is 285 g/mol. The topological polar surface area (TPSA) is 101 Å². The van der Waals surface area contributed by atoms with E-state index < -0.39 is 21.6 Å². The smallest absolute Gasteiger partial charge is 0.282 e. The van der Waals surface area contributed by atoms with E-state index in [1.165, 1.54) is 24.5 Å². The van der Waals surface area contributed by atoms with Crippen LogP contribution in [0.4, 0.5) is 11.4 Å². The molecule has 1 aromatic rings.